The number of hydrogen-bond donors (Lipinski definition) is 1. The highest BCUT2D eigenvalue weighted by atomic mass is 79.9. The van der Waals surface area contributed by atoms with Gasteiger partial charge in [-0.1, -0.05) is 34.1 Å². The van der Waals surface area contributed by atoms with E-state index in [2.05, 4.69) is 50.4 Å². The van der Waals surface area contributed by atoms with Gasteiger partial charge in [-0.2, -0.15) is 0 Å². The predicted molar refractivity (Wildman–Crippen MR) is 86.9 cm³/mol. The highest BCUT2D eigenvalue weighted by Crippen LogP contribution is 2.22. The third-order valence-corrected chi connectivity index (χ3v) is 4.64. The third-order valence-electron chi connectivity index (χ3n) is 3.87. The molecular weight excluding hydrogens is 316 g/mol. The molecule has 0 bridgehead atoms. The van der Waals surface area contributed by atoms with Crippen molar-refractivity contribution in [2.45, 2.75) is 19.4 Å². The van der Waals surface area contributed by atoms with Crippen molar-refractivity contribution >= 4 is 15.9 Å². The first-order chi connectivity index (χ1) is 9.79. The average molecular weight is 341 g/mol. The summed E-state index contributed by atoms with van der Waals surface area (Å²) in [4.78, 5) is 2.58. The van der Waals surface area contributed by atoms with Crippen LogP contribution < -0.4 is 5.32 Å². The van der Waals surface area contributed by atoms with Gasteiger partial charge in [0.25, 0.3) is 0 Å². The van der Waals surface area contributed by atoms with Crippen LogP contribution in [0.5, 0.6) is 0 Å². The maximum Gasteiger partial charge on any atom is 0.0587 e. The van der Waals surface area contributed by atoms with E-state index in [0.29, 0.717) is 0 Å². The minimum Gasteiger partial charge on any atom is -0.383 e. The van der Waals surface area contributed by atoms with Crippen LogP contribution in [-0.2, 0) is 11.3 Å². The summed E-state index contributed by atoms with van der Waals surface area (Å²) in [6.07, 6.45) is 2.65. The molecular formula is C16H25BrN2O. The van der Waals surface area contributed by atoms with Crippen molar-refractivity contribution in [1.82, 2.24) is 10.2 Å². The van der Waals surface area contributed by atoms with E-state index in [1.165, 1.54) is 36.0 Å². The lowest BCUT2D eigenvalue weighted by Crippen LogP contribution is -2.39. The summed E-state index contributed by atoms with van der Waals surface area (Å²) in [5, 5.41) is 3.49. The topological polar surface area (TPSA) is 24.5 Å². The number of benzene rings is 1. The van der Waals surface area contributed by atoms with E-state index in [9.17, 15) is 0 Å². The van der Waals surface area contributed by atoms with Gasteiger partial charge in [0.15, 0.2) is 0 Å². The molecule has 1 fully saturated rings. The zero-order valence-electron chi connectivity index (χ0n) is 12.3. The second-order valence-corrected chi connectivity index (χ2v) is 6.39. The maximum atomic E-state index is 5.07. The van der Waals surface area contributed by atoms with Crippen molar-refractivity contribution in [3.05, 3.63) is 34.3 Å². The van der Waals surface area contributed by atoms with E-state index in [0.717, 1.165) is 32.2 Å². The molecule has 1 aliphatic rings. The van der Waals surface area contributed by atoms with Gasteiger partial charge >= 0.3 is 0 Å². The minimum absolute atomic E-state index is 0.767. The van der Waals surface area contributed by atoms with Crippen LogP contribution in [0.25, 0.3) is 0 Å². The van der Waals surface area contributed by atoms with Gasteiger partial charge in [-0.15, -0.1) is 0 Å². The number of nitrogens with zero attached hydrogens (tertiary/aromatic N) is 1. The van der Waals surface area contributed by atoms with E-state index >= 15 is 0 Å². The smallest absolute Gasteiger partial charge is 0.0587 e. The lowest BCUT2D eigenvalue weighted by Gasteiger charge is -2.33. The first-order valence-electron chi connectivity index (χ1n) is 7.45. The normalized spacial score (nSPS) is 20.2. The van der Waals surface area contributed by atoms with Gasteiger partial charge in [0.05, 0.1) is 6.61 Å². The van der Waals surface area contributed by atoms with E-state index in [1.807, 2.05) is 0 Å². The molecule has 1 unspecified atom stereocenters. The van der Waals surface area contributed by atoms with E-state index in [1.54, 1.807) is 7.11 Å². The van der Waals surface area contributed by atoms with Crippen LogP contribution in [0.2, 0.25) is 0 Å². The first kappa shape index (κ1) is 16.0. The number of rotatable bonds is 7. The summed E-state index contributed by atoms with van der Waals surface area (Å²) in [7, 11) is 1.75. The molecule has 1 saturated heterocycles. The summed E-state index contributed by atoms with van der Waals surface area (Å²) in [6.45, 7) is 6.33. The Labute approximate surface area is 130 Å². The molecule has 112 valence electrons. The zero-order valence-corrected chi connectivity index (χ0v) is 13.9. The fraction of sp³-hybridized carbons (Fsp3) is 0.625. The Morgan fingerprint density at radius 3 is 3.05 bits per heavy atom. The molecule has 1 aromatic carbocycles. The molecule has 0 aromatic heterocycles. The van der Waals surface area contributed by atoms with Crippen LogP contribution in [0.1, 0.15) is 18.4 Å². The SMILES string of the molecule is COCCNCC1CCCN(Cc2ccccc2Br)C1. The molecule has 0 aliphatic carbocycles. The Balaban J connectivity index is 1.77. The summed E-state index contributed by atoms with van der Waals surface area (Å²) in [6, 6.07) is 8.54. The lowest BCUT2D eigenvalue weighted by atomic mass is 9.97. The lowest BCUT2D eigenvalue weighted by molar-refractivity contribution is 0.159. The third kappa shape index (κ3) is 5.17. The molecule has 4 heteroatoms. The van der Waals surface area contributed by atoms with Gasteiger partial charge in [0.1, 0.15) is 0 Å². The molecule has 1 aliphatic heterocycles. The predicted octanol–water partition coefficient (Wildman–Crippen LogP) is 2.90. The molecule has 0 saturated carbocycles. The second-order valence-electron chi connectivity index (χ2n) is 5.53. The van der Waals surface area contributed by atoms with Crippen LogP contribution in [0.15, 0.2) is 28.7 Å². The Hall–Kier alpha value is -0.420. The van der Waals surface area contributed by atoms with Gasteiger partial charge < -0.3 is 10.1 Å². The Bertz CT molecular complexity index is 400. The fourth-order valence-electron chi connectivity index (χ4n) is 2.81. The summed E-state index contributed by atoms with van der Waals surface area (Å²) in [5.74, 6) is 0.767. The summed E-state index contributed by atoms with van der Waals surface area (Å²) < 4.78 is 6.29. The quantitative estimate of drug-likeness (QED) is 0.772. The van der Waals surface area contributed by atoms with E-state index < -0.39 is 0 Å². The number of piperidine rings is 1. The second kappa shape index (κ2) is 8.78. The number of hydrogen-bond acceptors (Lipinski definition) is 3. The molecule has 1 aromatic rings. The van der Waals surface area contributed by atoms with Crippen molar-refractivity contribution in [2.75, 3.05) is 39.9 Å². The Morgan fingerprint density at radius 1 is 1.40 bits per heavy atom. The van der Waals surface area contributed by atoms with Crippen LogP contribution >= 0.6 is 15.9 Å². The monoisotopic (exact) mass is 340 g/mol. The van der Waals surface area contributed by atoms with Crippen molar-refractivity contribution in [3.8, 4) is 0 Å². The molecule has 1 atom stereocenters. The minimum atomic E-state index is 0.767. The molecule has 20 heavy (non-hydrogen) atoms. The van der Waals surface area contributed by atoms with Gasteiger partial charge in [-0.3, -0.25) is 4.90 Å². The Morgan fingerprint density at radius 2 is 2.25 bits per heavy atom. The largest absolute Gasteiger partial charge is 0.383 e. The maximum absolute atomic E-state index is 5.07. The molecule has 0 amide bonds. The van der Waals surface area contributed by atoms with Crippen molar-refractivity contribution in [1.29, 1.82) is 0 Å². The van der Waals surface area contributed by atoms with Gasteiger partial charge in [0.2, 0.25) is 0 Å². The number of likely N-dealkylation sites (tertiary alicyclic amines) is 1. The zero-order chi connectivity index (χ0) is 14.2. The number of ether oxygens (including phenoxy) is 1. The molecule has 3 nitrogen and oxygen atoms in total. The van der Waals surface area contributed by atoms with Crippen LogP contribution in [0, 0.1) is 5.92 Å². The van der Waals surface area contributed by atoms with Crippen molar-refractivity contribution < 1.29 is 4.74 Å². The van der Waals surface area contributed by atoms with Crippen molar-refractivity contribution in [3.63, 3.8) is 0 Å². The molecule has 0 spiro atoms. The average Bonchev–Trinajstić information content (AvgIpc) is 2.47. The van der Waals surface area contributed by atoms with Crippen LogP contribution in [0.4, 0.5) is 0 Å². The fourth-order valence-corrected chi connectivity index (χ4v) is 3.22. The number of methoxy groups -OCH3 is 1. The molecule has 1 heterocycles. The van der Waals surface area contributed by atoms with Crippen LogP contribution in [0.3, 0.4) is 0 Å². The standard InChI is InChI=1S/C16H25BrN2O/c1-20-10-8-18-11-14-5-4-9-19(12-14)13-15-6-2-3-7-16(15)17/h2-3,6-7,14,18H,4-5,8-13H2,1H3. The summed E-state index contributed by atoms with van der Waals surface area (Å²) in [5.41, 5.74) is 1.39. The van der Waals surface area contributed by atoms with Gasteiger partial charge in [-0.25, -0.2) is 0 Å². The number of halogens is 1. The van der Waals surface area contributed by atoms with Gasteiger partial charge in [-0.05, 0) is 43.5 Å². The molecule has 1 N–H and O–H groups in total. The Kier molecular flexibility index (Phi) is 7.00. The number of nitrogens with one attached hydrogen (secondary N) is 1. The van der Waals surface area contributed by atoms with E-state index in [4.69, 9.17) is 4.74 Å². The van der Waals surface area contributed by atoms with Gasteiger partial charge in [0, 0.05) is 31.2 Å². The van der Waals surface area contributed by atoms with E-state index in [-0.39, 0.29) is 0 Å². The molecule has 0 radical (unpaired) electrons. The first-order valence-corrected chi connectivity index (χ1v) is 8.24. The highest BCUT2D eigenvalue weighted by molar-refractivity contribution is 9.10. The highest BCUT2D eigenvalue weighted by Gasteiger charge is 2.19. The van der Waals surface area contributed by atoms with Crippen LogP contribution in [-0.4, -0.2) is 44.8 Å². The summed E-state index contributed by atoms with van der Waals surface area (Å²) >= 11 is 3.64. The van der Waals surface area contributed by atoms with Crippen molar-refractivity contribution in [2.24, 2.45) is 5.92 Å². The molecule has 2 rings (SSSR count).